The first kappa shape index (κ1) is 19.4. The van der Waals surface area contributed by atoms with Gasteiger partial charge in [0.2, 0.25) is 5.96 Å². The lowest BCUT2D eigenvalue weighted by Crippen LogP contribution is -2.65. The highest BCUT2D eigenvalue weighted by Crippen LogP contribution is 2.39. The molecule has 1 aromatic carbocycles. The number of ether oxygens (including phenoxy) is 1. The highest BCUT2D eigenvalue weighted by atomic mass is 16.5. The zero-order chi connectivity index (χ0) is 20.9. The second-order valence-electron chi connectivity index (χ2n) is 7.58. The van der Waals surface area contributed by atoms with Crippen LogP contribution in [0.15, 0.2) is 40.7 Å². The minimum Gasteiger partial charge on any atom is -0.380 e. The van der Waals surface area contributed by atoms with Gasteiger partial charge >= 0.3 is 6.03 Å². The molecule has 0 aromatic heterocycles. The number of benzene rings is 1. The number of nitrogens with zero attached hydrogens (tertiary/aromatic N) is 5. The van der Waals surface area contributed by atoms with Gasteiger partial charge in [-0.15, -0.1) is 0 Å². The highest BCUT2D eigenvalue weighted by Gasteiger charge is 2.55. The molecule has 0 radical (unpaired) electrons. The predicted molar refractivity (Wildman–Crippen MR) is 110 cm³/mol. The molecule has 3 heterocycles. The van der Waals surface area contributed by atoms with Crippen molar-refractivity contribution in [3.63, 3.8) is 0 Å². The second-order valence-corrected chi connectivity index (χ2v) is 7.58. The SMILES string of the molecule is CCOCCN1C(=O)C2C(N=C3N(c4ccc(C)cc4)C(C)=C(C)N32)N(C)C1=O. The number of fused-ring (bicyclic) bond motifs is 3. The van der Waals surface area contributed by atoms with Gasteiger partial charge in [-0.3, -0.25) is 19.5 Å². The molecule has 1 saturated heterocycles. The Balaban J connectivity index is 1.69. The summed E-state index contributed by atoms with van der Waals surface area (Å²) in [5.41, 5.74) is 4.16. The Bertz CT molecular complexity index is 907. The number of likely N-dealkylation sites (N-methyl/N-ethyl adjacent to an activating group) is 1. The number of allylic oxidation sites excluding steroid dienone is 2. The van der Waals surface area contributed by atoms with E-state index in [2.05, 4.69) is 17.0 Å². The third-order valence-corrected chi connectivity index (χ3v) is 5.85. The maximum atomic E-state index is 13.3. The molecular formula is C21H27N5O3. The summed E-state index contributed by atoms with van der Waals surface area (Å²) >= 11 is 0. The number of hydrogen-bond acceptors (Lipinski definition) is 6. The lowest BCUT2D eigenvalue weighted by atomic mass is 10.1. The number of anilines is 1. The monoisotopic (exact) mass is 397 g/mol. The minimum atomic E-state index is -0.556. The summed E-state index contributed by atoms with van der Waals surface area (Å²) in [7, 11) is 1.70. The van der Waals surface area contributed by atoms with Crippen LogP contribution < -0.4 is 4.90 Å². The van der Waals surface area contributed by atoms with Crippen LogP contribution in [0.1, 0.15) is 26.3 Å². The Morgan fingerprint density at radius 3 is 2.41 bits per heavy atom. The third kappa shape index (κ3) is 2.90. The molecule has 0 aliphatic carbocycles. The topological polar surface area (TPSA) is 68.7 Å². The van der Waals surface area contributed by atoms with Gasteiger partial charge in [0.1, 0.15) is 0 Å². The normalized spacial score (nSPS) is 23.8. The van der Waals surface area contributed by atoms with Crippen molar-refractivity contribution in [3.8, 4) is 0 Å². The van der Waals surface area contributed by atoms with E-state index < -0.39 is 12.2 Å². The second kappa shape index (κ2) is 7.18. The molecule has 8 nitrogen and oxygen atoms in total. The van der Waals surface area contributed by atoms with Gasteiger partial charge in [0, 0.05) is 30.7 Å². The molecule has 3 amide bonds. The van der Waals surface area contributed by atoms with Crippen LogP contribution in [0, 0.1) is 6.92 Å². The molecule has 29 heavy (non-hydrogen) atoms. The quantitative estimate of drug-likeness (QED) is 0.714. The molecule has 154 valence electrons. The Hall–Kier alpha value is -2.87. The highest BCUT2D eigenvalue weighted by molar-refractivity contribution is 6.10. The van der Waals surface area contributed by atoms with Gasteiger partial charge in [0.15, 0.2) is 12.2 Å². The summed E-state index contributed by atoms with van der Waals surface area (Å²) in [5, 5.41) is 0. The Morgan fingerprint density at radius 2 is 1.76 bits per heavy atom. The van der Waals surface area contributed by atoms with Crippen molar-refractivity contribution >= 4 is 23.6 Å². The van der Waals surface area contributed by atoms with E-state index in [-0.39, 0.29) is 18.5 Å². The standard InChI is InChI=1S/C21H27N5O3/c1-6-29-12-11-24-19(27)17-18(23(5)21(24)28)22-20-25(14(3)15(4)26(17)20)16-9-7-13(2)8-10-16/h7-10,17-18H,6,11-12H2,1-5H3. The number of aryl methyl sites for hydroxylation is 1. The summed E-state index contributed by atoms with van der Waals surface area (Å²) in [5.74, 6) is 0.466. The molecule has 0 N–H and O–H groups in total. The number of imide groups is 1. The number of amides is 3. The predicted octanol–water partition coefficient (Wildman–Crippen LogP) is 2.36. The number of carbonyl (C=O) groups excluding carboxylic acids is 2. The van der Waals surface area contributed by atoms with E-state index in [9.17, 15) is 9.59 Å². The molecule has 4 rings (SSSR count). The summed E-state index contributed by atoms with van der Waals surface area (Å²) in [6, 6.07) is 7.32. The van der Waals surface area contributed by atoms with Crippen molar-refractivity contribution in [2.45, 2.75) is 39.9 Å². The lowest BCUT2D eigenvalue weighted by molar-refractivity contribution is -0.137. The smallest absolute Gasteiger partial charge is 0.328 e. The van der Waals surface area contributed by atoms with Crippen LogP contribution in [0.25, 0.3) is 0 Å². The van der Waals surface area contributed by atoms with Crippen molar-refractivity contribution in [1.29, 1.82) is 0 Å². The average molecular weight is 397 g/mol. The number of rotatable bonds is 5. The molecule has 1 fully saturated rings. The molecule has 0 saturated carbocycles. The van der Waals surface area contributed by atoms with Gasteiger partial charge in [-0.25, -0.2) is 9.79 Å². The summed E-state index contributed by atoms with van der Waals surface area (Å²) in [6.45, 7) is 9.08. The van der Waals surface area contributed by atoms with Gasteiger partial charge in [-0.1, -0.05) is 17.7 Å². The fourth-order valence-electron chi connectivity index (χ4n) is 4.12. The summed E-state index contributed by atoms with van der Waals surface area (Å²) in [6.07, 6.45) is -0.538. The first-order valence-electron chi connectivity index (χ1n) is 9.94. The lowest BCUT2D eigenvalue weighted by Gasteiger charge is -2.40. The van der Waals surface area contributed by atoms with E-state index >= 15 is 0 Å². The zero-order valence-corrected chi connectivity index (χ0v) is 17.5. The molecule has 0 spiro atoms. The molecule has 2 atom stereocenters. The molecule has 0 bridgehead atoms. The Kier molecular flexibility index (Phi) is 4.82. The molecular weight excluding hydrogens is 370 g/mol. The van der Waals surface area contributed by atoms with Gasteiger partial charge < -0.3 is 9.64 Å². The Labute approximate surface area is 171 Å². The molecule has 2 unspecified atom stereocenters. The first-order valence-corrected chi connectivity index (χ1v) is 9.94. The van der Waals surface area contributed by atoms with Crippen LogP contribution >= 0.6 is 0 Å². The largest absolute Gasteiger partial charge is 0.380 e. The maximum Gasteiger partial charge on any atom is 0.328 e. The number of guanidine groups is 1. The van der Waals surface area contributed by atoms with Crippen molar-refractivity contribution in [2.75, 3.05) is 31.7 Å². The van der Waals surface area contributed by atoms with Gasteiger partial charge in [-0.2, -0.15) is 0 Å². The number of urea groups is 1. The van der Waals surface area contributed by atoms with Crippen LogP contribution in [0.2, 0.25) is 0 Å². The molecule has 3 aliphatic rings. The van der Waals surface area contributed by atoms with Gasteiger partial charge in [0.25, 0.3) is 5.91 Å². The van der Waals surface area contributed by atoms with Crippen molar-refractivity contribution < 1.29 is 14.3 Å². The van der Waals surface area contributed by atoms with Gasteiger partial charge in [-0.05, 0) is 39.8 Å². The fourth-order valence-corrected chi connectivity index (χ4v) is 4.12. The number of aliphatic imine (C=N–C) groups is 1. The molecule has 1 aromatic rings. The van der Waals surface area contributed by atoms with E-state index in [1.54, 1.807) is 11.9 Å². The third-order valence-electron chi connectivity index (χ3n) is 5.85. The summed E-state index contributed by atoms with van der Waals surface area (Å²) < 4.78 is 5.36. The van der Waals surface area contributed by atoms with E-state index in [0.717, 1.165) is 17.1 Å². The Morgan fingerprint density at radius 1 is 1.07 bits per heavy atom. The van der Waals surface area contributed by atoms with E-state index in [4.69, 9.17) is 9.73 Å². The molecule has 3 aliphatic heterocycles. The van der Waals surface area contributed by atoms with Crippen LogP contribution in [0.3, 0.4) is 0 Å². The van der Waals surface area contributed by atoms with Crippen LogP contribution in [0.4, 0.5) is 10.5 Å². The van der Waals surface area contributed by atoms with Crippen molar-refractivity contribution in [3.05, 3.63) is 41.2 Å². The van der Waals surface area contributed by atoms with E-state index in [1.165, 1.54) is 10.5 Å². The van der Waals surface area contributed by atoms with Crippen molar-refractivity contribution in [1.82, 2.24) is 14.7 Å². The average Bonchev–Trinajstić information content (AvgIpc) is 3.20. The number of carbonyl (C=O) groups is 2. The first-order chi connectivity index (χ1) is 13.9. The minimum absolute atomic E-state index is 0.227. The van der Waals surface area contributed by atoms with E-state index in [1.807, 2.05) is 44.7 Å². The number of hydrogen-bond donors (Lipinski definition) is 0. The van der Waals surface area contributed by atoms with Gasteiger partial charge in [0.05, 0.1) is 13.2 Å². The molecule has 8 heteroatoms. The van der Waals surface area contributed by atoms with Crippen LogP contribution in [-0.4, -0.2) is 71.6 Å². The van der Waals surface area contributed by atoms with Crippen LogP contribution in [0.5, 0.6) is 0 Å². The maximum absolute atomic E-state index is 13.3. The summed E-state index contributed by atoms with van der Waals surface area (Å²) in [4.78, 5) is 37.8. The van der Waals surface area contributed by atoms with Crippen molar-refractivity contribution in [2.24, 2.45) is 4.99 Å². The van der Waals surface area contributed by atoms with E-state index in [0.29, 0.717) is 19.2 Å². The fraction of sp³-hybridized carbons (Fsp3) is 0.476. The van der Waals surface area contributed by atoms with Crippen LogP contribution in [-0.2, 0) is 9.53 Å². The zero-order valence-electron chi connectivity index (χ0n) is 17.5.